The van der Waals surface area contributed by atoms with E-state index in [0.29, 0.717) is 6.10 Å². The zero-order valence-corrected chi connectivity index (χ0v) is 11.0. The third-order valence-corrected chi connectivity index (χ3v) is 4.86. The van der Waals surface area contributed by atoms with E-state index in [9.17, 15) is 0 Å². The molecule has 0 aromatic rings. The van der Waals surface area contributed by atoms with Gasteiger partial charge in [0.15, 0.2) is 0 Å². The van der Waals surface area contributed by atoms with Crippen LogP contribution >= 0.6 is 0 Å². The van der Waals surface area contributed by atoms with Crippen molar-refractivity contribution in [3.05, 3.63) is 0 Å². The third kappa shape index (κ3) is 2.83. The zero-order valence-electron chi connectivity index (χ0n) is 11.0. The van der Waals surface area contributed by atoms with Crippen LogP contribution < -0.4 is 5.32 Å². The van der Waals surface area contributed by atoms with Gasteiger partial charge in [-0.25, -0.2) is 0 Å². The minimum Gasteiger partial charge on any atom is -0.381 e. The van der Waals surface area contributed by atoms with Crippen molar-refractivity contribution in [3.63, 3.8) is 0 Å². The van der Waals surface area contributed by atoms with E-state index in [4.69, 9.17) is 4.74 Å². The highest BCUT2D eigenvalue weighted by Crippen LogP contribution is 2.35. The Balaban J connectivity index is 1.57. The fourth-order valence-electron chi connectivity index (χ4n) is 3.59. The van der Waals surface area contributed by atoms with Crippen molar-refractivity contribution in [1.82, 2.24) is 10.2 Å². The number of rotatable bonds is 3. The van der Waals surface area contributed by atoms with Gasteiger partial charge in [-0.2, -0.15) is 0 Å². The minimum atomic E-state index is 0.524. The largest absolute Gasteiger partial charge is 0.381 e. The van der Waals surface area contributed by atoms with Crippen molar-refractivity contribution in [2.24, 2.45) is 5.92 Å². The van der Waals surface area contributed by atoms with Gasteiger partial charge in [0.25, 0.3) is 0 Å². The summed E-state index contributed by atoms with van der Waals surface area (Å²) < 4.78 is 5.51. The van der Waals surface area contributed by atoms with Crippen LogP contribution in [0, 0.1) is 5.92 Å². The molecule has 3 nitrogen and oxygen atoms in total. The van der Waals surface area contributed by atoms with E-state index in [0.717, 1.165) is 18.0 Å². The SMILES string of the molecule is COC1CCC(N2CCCNC(C3CC3)C2)C1. The molecule has 1 heterocycles. The third-order valence-electron chi connectivity index (χ3n) is 4.86. The fraction of sp³-hybridized carbons (Fsp3) is 1.00. The molecule has 1 saturated heterocycles. The molecule has 2 saturated carbocycles. The van der Waals surface area contributed by atoms with Gasteiger partial charge in [0.2, 0.25) is 0 Å². The van der Waals surface area contributed by atoms with E-state index >= 15 is 0 Å². The summed E-state index contributed by atoms with van der Waals surface area (Å²) in [5.74, 6) is 0.982. The topological polar surface area (TPSA) is 24.5 Å². The first-order chi connectivity index (χ1) is 8.36. The Morgan fingerprint density at radius 2 is 2.06 bits per heavy atom. The summed E-state index contributed by atoms with van der Waals surface area (Å²) >= 11 is 0. The maximum absolute atomic E-state index is 5.51. The molecular formula is C14H26N2O. The van der Waals surface area contributed by atoms with Crippen molar-refractivity contribution < 1.29 is 4.74 Å². The van der Waals surface area contributed by atoms with E-state index in [1.54, 1.807) is 0 Å². The van der Waals surface area contributed by atoms with Crippen LogP contribution in [0.2, 0.25) is 0 Å². The van der Waals surface area contributed by atoms with Gasteiger partial charge in [0, 0.05) is 25.7 Å². The van der Waals surface area contributed by atoms with Crippen LogP contribution in [0.3, 0.4) is 0 Å². The molecule has 3 heteroatoms. The highest BCUT2D eigenvalue weighted by Gasteiger charge is 2.36. The van der Waals surface area contributed by atoms with Crippen molar-refractivity contribution in [2.75, 3.05) is 26.7 Å². The van der Waals surface area contributed by atoms with Gasteiger partial charge in [-0.1, -0.05) is 0 Å². The van der Waals surface area contributed by atoms with Gasteiger partial charge < -0.3 is 10.1 Å². The molecule has 1 N–H and O–H groups in total. The number of hydrogen-bond acceptors (Lipinski definition) is 3. The molecule has 3 unspecified atom stereocenters. The summed E-state index contributed by atoms with van der Waals surface area (Å²) in [6.07, 6.45) is 8.62. The van der Waals surface area contributed by atoms with Gasteiger partial charge in [-0.3, -0.25) is 4.90 Å². The predicted molar refractivity (Wildman–Crippen MR) is 69.1 cm³/mol. The molecule has 17 heavy (non-hydrogen) atoms. The summed E-state index contributed by atoms with van der Waals surface area (Å²) in [5.41, 5.74) is 0. The summed E-state index contributed by atoms with van der Waals surface area (Å²) in [4.78, 5) is 2.75. The first kappa shape index (κ1) is 11.9. The van der Waals surface area contributed by atoms with Gasteiger partial charge in [0.1, 0.15) is 0 Å². The van der Waals surface area contributed by atoms with Crippen LogP contribution in [0.4, 0.5) is 0 Å². The molecule has 0 bridgehead atoms. The molecule has 0 amide bonds. The Labute approximate surface area is 105 Å². The number of hydrogen-bond donors (Lipinski definition) is 1. The van der Waals surface area contributed by atoms with E-state index in [1.807, 2.05) is 7.11 Å². The monoisotopic (exact) mass is 238 g/mol. The average Bonchev–Trinajstić information content (AvgIpc) is 3.11. The molecule has 0 aromatic heterocycles. The van der Waals surface area contributed by atoms with Gasteiger partial charge in [0.05, 0.1) is 6.10 Å². The van der Waals surface area contributed by atoms with Gasteiger partial charge >= 0.3 is 0 Å². The smallest absolute Gasteiger partial charge is 0.0586 e. The molecule has 0 aromatic carbocycles. The second-order valence-electron chi connectivity index (χ2n) is 6.07. The molecule has 0 spiro atoms. The van der Waals surface area contributed by atoms with E-state index < -0.39 is 0 Å². The molecule has 3 fully saturated rings. The Bertz CT molecular complexity index is 255. The normalized spacial score (nSPS) is 40.4. The molecular weight excluding hydrogens is 212 g/mol. The molecule has 98 valence electrons. The molecule has 3 rings (SSSR count). The first-order valence-corrected chi connectivity index (χ1v) is 7.37. The maximum atomic E-state index is 5.51. The van der Waals surface area contributed by atoms with Crippen LogP contribution in [0.15, 0.2) is 0 Å². The van der Waals surface area contributed by atoms with Crippen LogP contribution in [0.5, 0.6) is 0 Å². The molecule has 2 aliphatic carbocycles. The fourth-order valence-corrected chi connectivity index (χ4v) is 3.59. The Kier molecular flexibility index (Phi) is 3.69. The molecule has 1 aliphatic heterocycles. The Morgan fingerprint density at radius 3 is 2.76 bits per heavy atom. The summed E-state index contributed by atoms with van der Waals surface area (Å²) in [6.45, 7) is 3.79. The number of nitrogens with one attached hydrogen (secondary N) is 1. The van der Waals surface area contributed by atoms with Crippen molar-refractivity contribution in [1.29, 1.82) is 0 Å². The first-order valence-electron chi connectivity index (χ1n) is 7.37. The quantitative estimate of drug-likeness (QED) is 0.809. The van der Waals surface area contributed by atoms with Crippen molar-refractivity contribution in [3.8, 4) is 0 Å². The van der Waals surface area contributed by atoms with Gasteiger partial charge in [-0.15, -0.1) is 0 Å². The molecule has 3 atom stereocenters. The number of ether oxygens (including phenoxy) is 1. The molecule has 3 aliphatic rings. The second kappa shape index (κ2) is 5.25. The van der Waals surface area contributed by atoms with Crippen LogP contribution in [0.25, 0.3) is 0 Å². The lowest BCUT2D eigenvalue weighted by Crippen LogP contribution is -2.43. The van der Waals surface area contributed by atoms with Crippen LogP contribution in [-0.2, 0) is 4.74 Å². The zero-order chi connectivity index (χ0) is 11.7. The van der Waals surface area contributed by atoms with Crippen LogP contribution in [0.1, 0.15) is 38.5 Å². The lowest BCUT2D eigenvalue weighted by atomic mass is 10.1. The van der Waals surface area contributed by atoms with Crippen LogP contribution in [-0.4, -0.2) is 49.8 Å². The van der Waals surface area contributed by atoms with Gasteiger partial charge in [-0.05, 0) is 57.5 Å². The summed E-state index contributed by atoms with van der Waals surface area (Å²) in [7, 11) is 1.87. The predicted octanol–water partition coefficient (Wildman–Crippen LogP) is 1.63. The summed E-state index contributed by atoms with van der Waals surface area (Å²) in [6, 6.07) is 1.57. The highest BCUT2D eigenvalue weighted by atomic mass is 16.5. The second-order valence-corrected chi connectivity index (χ2v) is 6.07. The summed E-state index contributed by atoms with van der Waals surface area (Å²) in [5, 5.41) is 3.75. The van der Waals surface area contributed by atoms with Crippen molar-refractivity contribution in [2.45, 2.75) is 56.7 Å². The van der Waals surface area contributed by atoms with E-state index in [-0.39, 0.29) is 0 Å². The lowest BCUT2D eigenvalue weighted by molar-refractivity contribution is 0.0957. The maximum Gasteiger partial charge on any atom is 0.0586 e. The number of nitrogens with zero attached hydrogens (tertiary/aromatic N) is 1. The van der Waals surface area contributed by atoms with Crippen molar-refractivity contribution >= 4 is 0 Å². The lowest BCUT2D eigenvalue weighted by Gasteiger charge is -2.30. The standard InChI is InChI=1S/C14H26N2O/c1-17-13-6-5-12(9-13)16-8-2-7-15-14(10-16)11-3-4-11/h11-15H,2-10H2,1H3. The number of methoxy groups -OCH3 is 1. The van der Waals surface area contributed by atoms with E-state index in [1.165, 1.54) is 58.2 Å². The minimum absolute atomic E-state index is 0.524. The Morgan fingerprint density at radius 1 is 1.18 bits per heavy atom. The average molecular weight is 238 g/mol. The molecule has 0 radical (unpaired) electrons. The Hall–Kier alpha value is -0.120. The highest BCUT2D eigenvalue weighted by molar-refractivity contribution is 4.93. The van der Waals surface area contributed by atoms with E-state index in [2.05, 4.69) is 10.2 Å².